The molecule has 0 saturated carbocycles. The van der Waals surface area contributed by atoms with E-state index in [1.807, 2.05) is 0 Å². The van der Waals surface area contributed by atoms with Crippen LogP contribution in [0, 0.1) is 18.2 Å². The summed E-state index contributed by atoms with van der Waals surface area (Å²) in [5.74, 6) is -0.732. The van der Waals surface area contributed by atoms with Gasteiger partial charge in [-0.2, -0.15) is 0 Å². The van der Waals surface area contributed by atoms with Gasteiger partial charge in [-0.25, -0.2) is 4.39 Å². The molecule has 0 spiro atoms. The van der Waals surface area contributed by atoms with E-state index in [-0.39, 0.29) is 11.6 Å². The number of aryl methyl sites for hydroxylation is 1. The van der Waals surface area contributed by atoms with Crippen LogP contribution in [0.25, 0.3) is 0 Å². The summed E-state index contributed by atoms with van der Waals surface area (Å²) in [7, 11) is 0. The van der Waals surface area contributed by atoms with E-state index in [9.17, 15) is 14.3 Å². The molecular formula is C13H17FO2. The van der Waals surface area contributed by atoms with Gasteiger partial charge >= 0.3 is 0 Å². The minimum Gasteiger partial charge on any atom is -0.384 e. The van der Waals surface area contributed by atoms with Crippen LogP contribution < -0.4 is 0 Å². The van der Waals surface area contributed by atoms with Crippen LogP contribution in [0.1, 0.15) is 36.7 Å². The highest BCUT2D eigenvalue weighted by Gasteiger charge is 2.30. The van der Waals surface area contributed by atoms with Gasteiger partial charge in [0.15, 0.2) is 5.78 Å². The standard InChI is InChI=1S/C13H17FO2/c1-8-7-9(14)5-6-10(8)11(15)12(16)13(2,3)4/h5-7,12,16H,1-4H3. The Morgan fingerprint density at radius 3 is 2.38 bits per heavy atom. The first-order valence-electron chi connectivity index (χ1n) is 5.22. The number of carbonyl (C=O) groups excluding carboxylic acids is 1. The molecule has 88 valence electrons. The van der Waals surface area contributed by atoms with Crippen molar-refractivity contribution in [2.24, 2.45) is 5.41 Å². The molecule has 3 heteroatoms. The molecule has 0 amide bonds. The lowest BCUT2D eigenvalue weighted by Gasteiger charge is -2.25. The Morgan fingerprint density at radius 2 is 1.94 bits per heavy atom. The summed E-state index contributed by atoms with van der Waals surface area (Å²) in [4.78, 5) is 12.0. The van der Waals surface area contributed by atoms with Gasteiger partial charge in [-0.15, -0.1) is 0 Å². The molecule has 1 unspecified atom stereocenters. The van der Waals surface area contributed by atoms with E-state index in [0.717, 1.165) is 0 Å². The Balaban J connectivity index is 3.06. The first-order chi connectivity index (χ1) is 7.23. The van der Waals surface area contributed by atoms with Gasteiger partial charge in [0.1, 0.15) is 11.9 Å². The summed E-state index contributed by atoms with van der Waals surface area (Å²) in [5.41, 5.74) is 0.412. The Labute approximate surface area is 95.1 Å². The van der Waals surface area contributed by atoms with Crippen molar-refractivity contribution in [2.75, 3.05) is 0 Å². The normalized spacial score (nSPS) is 13.6. The largest absolute Gasteiger partial charge is 0.384 e. The van der Waals surface area contributed by atoms with Gasteiger partial charge in [0.25, 0.3) is 0 Å². The van der Waals surface area contributed by atoms with Crippen molar-refractivity contribution >= 4 is 5.78 Å². The van der Waals surface area contributed by atoms with E-state index in [1.165, 1.54) is 18.2 Å². The molecule has 0 bridgehead atoms. The van der Waals surface area contributed by atoms with Crippen molar-refractivity contribution < 1.29 is 14.3 Å². The molecule has 0 fully saturated rings. The van der Waals surface area contributed by atoms with Crippen LogP contribution in [-0.4, -0.2) is 17.0 Å². The number of Topliss-reactive ketones (excluding diaryl/α,β-unsaturated/α-hetero) is 1. The van der Waals surface area contributed by atoms with Gasteiger partial charge in [-0.1, -0.05) is 20.8 Å². The molecule has 1 aromatic rings. The number of hydrogen-bond donors (Lipinski definition) is 1. The number of carbonyl (C=O) groups is 1. The Bertz CT molecular complexity index is 405. The number of benzene rings is 1. The third-order valence-corrected chi connectivity index (χ3v) is 2.52. The summed E-state index contributed by atoms with van der Waals surface area (Å²) >= 11 is 0. The van der Waals surface area contributed by atoms with Gasteiger partial charge in [-0.05, 0) is 36.1 Å². The van der Waals surface area contributed by atoms with E-state index in [2.05, 4.69) is 0 Å². The monoisotopic (exact) mass is 224 g/mol. The lowest BCUT2D eigenvalue weighted by atomic mass is 9.84. The first-order valence-corrected chi connectivity index (χ1v) is 5.22. The van der Waals surface area contributed by atoms with Crippen molar-refractivity contribution in [2.45, 2.75) is 33.8 Å². The molecule has 1 aromatic carbocycles. The van der Waals surface area contributed by atoms with Crippen molar-refractivity contribution in [3.05, 3.63) is 35.1 Å². The van der Waals surface area contributed by atoms with Crippen LogP contribution in [0.4, 0.5) is 4.39 Å². The minimum atomic E-state index is -1.07. The zero-order valence-corrected chi connectivity index (χ0v) is 10.0. The number of aliphatic hydroxyl groups is 1. The number of hydrogen-bond acceptors (Lipinski definition) is 2. The van der Waals surface area contributed by atoms with Crippen LogP contribution in [0.3, 0.4) is 0 Å². The van der Waals surface area contributed by atoms with Crippen LogP contribution in [0.2, 0.25) is 0 Å². The number of aliphatic hydroxyl groups excluding tert-OH is 1. The molecule has 0 heterocycles. The highest BCUT2D eigenvalue weighted by atomic mass is 19.1. The van der Waals surface area contributed by atoms with Gasteiger partial charge < -0.3 is 5.11 Å². The van der Waals surface area contributed by atoms with E-state index >= 15 is 0 Å². The highest BCUT2D eigenvalue weighted by molar-refractivity contribution is 6.00. The number of ketones is 1. The van der Waals surface area contributed by atoms with Gasteiger partial charge in [-0.3, -0.25) is 4.79 Å². The molecule has 1 atom stereocenters. The predicted octanol–water partition coefficient (Wildman–Crippen LogP) is 2.72. The average Bonchev–Trinajstić information content (AvgIpc) is 2.14. The molecular weight excluding hydrogens is 207 g/mol. The molecule has 0 aliphatic carbocycles. The van der Waals surface area contributed by atoms with E-state index in [4.69, 9.17) is 0 Å². The summed E-state index contributed by atoms with van der Waals surface area (Å²) in [6.45, 7) is 7.02. The van der Waals surface area contributed by atoms with Crippen LogP contribution in [0.5, 0.6) is 0 Å². The lowest BCUT2D eigenvalue weighted by molar-refractivity contribution is 0.0442. The summed E-state index contributed by atoms with van der Waals surface area (Å²) in [5, 5.41) is 9.86. The summed E-state index contributed by atoms with van der Waals surface area (Å²) < 4.78 is 12.9. The molecule has 0 aliphatic rings. The second-order valence-corrected chi connectivity index (χ2v) is 5.09. The molecule has 1 rings (SSSR count). The van der Waals surface area contributed by atoms with Crippen molar-refractivity contribution in [1.29, 1.82) is 0 Å². The second-order valence-electron chi connectivity index (χ2n) is 5.09. The first kappa shape index (κ1) is 12.8. The molecule has 2 nitrogen and oxygen atoms in total. The third kappa shape index (κ3) is 2.67. The van der Waals surface area contributed by atoms with Crippen molar-refractivity contribution in [1.82, 2.24) is 0 Å². The zero-order valence-electron chi connectivity index (χ0n) is 10.0. The summed E-state index contributed by atoms with van der Waals surface area (Å²) in [6, 6.07) is 3.94. The quantitative estimate of drug-likeness (QED) is 0.784. The van der Waals surface area contributed by atoms with Crippen molar-refractivity contribution in [3.8, 4) is 0 Å². The Hall–Kier alpha value is -1.22. The van der Waals surface area contributed by atoms with Crippen LogP contribution in [0.15, 0.2) is 18.2 Å². The maximum atomic E-state index is 12.9. The molecule has 0 aliphatic heterocycles. The minimum absolute atomic E-state index is 0.356. The topological polar surface area (TPSA) is 37.3 Å². The van der Waals surface area contributed by atoms with Gasteiger partial charge in [0.2, 0.25) is 0 Å². The summed E-state index contributed by atoms with van der Waals surface area (Å²) in [6.07, 6.45) is -1.07. The highest BCUT2D eigenvalue weighted by Crippen LogP contribution is 2.23. The van der Waals surface area contributed by atoms with Gasteiger partial charge in [0, 0.05) is 5.56 Å². The van der Waals surface area contributed by atoms with Crippen LogP contribution >= 0.6 is 0 Å². The maximum absolute atomic E-state index is 12.9. The fraction of sp³-hybridized carbons (Fsp3) is 0.462. The molecule has 0 radical (unpaired) electrons. The number of rotatable bonds is 2. The Kier molecular flexibility index (Phi) is 3.48. The van der Waals surface area contributed by atoms with Gasteiger partial charge in [0.05, 0.1) is 0 Å². The van der Waals surface area contributed by atoms with E-state index in [0.29, 0.717) is 11.1 Å². The average molecular weight is 224 g/mol. The molecule has 1 N–H and O–H groups in total. The molecule has 0 saturated heterocycles. The van der Waals surface area contributed by atoms with Crippen molar-refractivity contribution in [3.63, 3.8) is 0 Å². The van der Waals surface area contributed by atoms with E-state index < -0.39 is 11.5 Å². The molecule has 16 heavy (non-hydrogen) atoms. The number of halogens is 1. The fourth-order valence-electron chi connectivity index (χ4n) is 1.44. The van der Waals surface area contributed by atoms with Crippen LogP contribution in [-0.2, 0) is 0 Å². The molecule has 0 aromatic heterocycles. The Morgan fingerprint density at radius 1 is 1.38 bits per heavy atom. The predicted molar refractivity (Wildman–Crippen MR) is 60.9 cm³/mol. The maximum Gasteiger partial charge on any atom is 0.192 e. The lowest BCUT2D eigenvalue weighted by Crippen LogP contribution is -2.34. The fourth-order valence-corrected chi connectivity index (χ4v) is 1.44. The second kappa shape index (κ2) is 4.34. The SMILES string of the molecule is Cc1cc(F)ccc1C(=O)C(O)C(C)(C)C. The third-order valence-electron chi connectivity index (χ3n) is 2.52. The van der Waals surface area contributed by atoms with E-state index in [1.54, 1.807) is 27.7 Å². The zero-order chi connectivity index (χ0) is 12.5. The smallest absolute Gasteiger partial charge is 0.192 e.